The highest BCUT2D eigenvalue weighted by Crippen LogP contribution is 2.20. The van der Waals surface area contributed by atoms with Gasteiger partial charge in [0.2, 0.25) is 0 Å². The molecule has 0 fully saturated rings. The maximum Gasteiger partial charge on any atom is 0.274 e. The van der Waals surface area contributed by atoms with Crippen molar-refractivity contribution in [1.82, 2.24) is 9.97 Å². The third-order valence-corrected chi connectivity index (χ3v) is 3.82. The average Bonchev–Trinajstić information content (AvgIpc) is 2.71. The van der Waals surface area contributed by atoms with Crippen LogP contribution < -0.4 is 20.1 Å². The summed E-state index contributed by atoms with van der Waals surface area (Å²) in [5, 5.41) is 5.98. The highest BCUT2D eigenvalue weighted by Gasteiger charge is 2.10. The summed E-state index contributed by atoms with van der Waals surface area (Å²) >= 11 is 0. The molecule has 0 unspecified atom stereocenters. The van der Waals surface area contributed by atoms with Crippen LogP contribution in [0.15, 0.2) is 60.9 Å². The molecule has 1 amide bonds. The predicted molar refractivity (Wildman–Crippen MR) is 113 cm³/mol. The van der Waals surface area contributed by atoms with Crippen LogP contribution in [0.4, 0.5) is 17.2 Å². The highest BCUT2D eigenvalue weighted by atomic mass is 16.5. The standard InChI is InChI=1S/C22H24N4O3/c1-4-28-18-9-5-16(6-10-18)25-21-13-20(23-14-24-21)22(27)26-17-7-11-19(12-8-17)29-15(2)3/h5-15H,4H2,1-3H3,(H,26,27)(H,23,24,25). The predicted octanol–water partition coefficient (Wildman–Crippen LogP) is 4.66. The number of nitrogens with zero attached hydrogens (tertiary/aromatic N) is 2. The molecule has 0 aliphatic heterocycles. The quantitative estimate of drug-likeness (QED) is 0.580. The van der Waals surface area contributed by atoms with Crippen molar-refractivity contribution in [2.24, 2.45) is 0 Å². The summed E-state index contributed by atoms with van der Waals surface area (Å²) in [5.41, 5.74) is 1.75. The lowest BCUT2D eigenvalue weighted by molar-refractivity contribution is 0.102. The van der Waals surface area contributed by atoms with Gasteiger partial charge in [0.1, 0.15) is 29.3 Å². The third kappa shape index (κ3) is 5.93. The molecular weight excluding hydrogens is 368 g/mol. The van der Waals surface area contributed by atoms with Gasteiger partial charge in [0.05, 0.1) is 12.7 Å². The van der Waals surface area contributed by atoms with Crippen LogP contribution in [0.5, 0.6) is 11.5 Å². The van der Waals surface area contributed by atoms with E-state index in [4.69, 9.17) is 9.47 Å². The normalized spacial score (nSPS) is 10.5. The van der Waals surface area contributed by atoms with Crippen molar-refractivity contribution in [1.29, 1.82) is 0 Å². The molecule has 0 atom stereocenters. The van der Waals surface area contributed by atoms with Crippen molar-refractivity contribution in [3.05, 3.63) is 66.6 Å². The molecule has 0 saturated heterocycles. The molecule has 0 spiro atoms. The number of nitrogens with one attached hydrogen (secondary N) is 2. The Bertz CT molecular complexity index is 941. The van der Waals surface area contributed by atoms with E-state index in [2.05, 4.69) is 20.6 Å². The van der Waals surface area contributed by atoms with Gasteiger partial charge in [0, 0.05) is 17.4 Å². The first-order valence-corrected chi connectivity index (χ1v) is 9.43. The molecule has 2 N–H and O–H groups in total. The number of ether oxygens (including phenoxy) is 2. The Hall–Kier alpha value is -3.61. The molecule has 1 heterocycles. The van der Waals surface area contributed by atoms with E-state index in [1.165, 1.54) is 6.33 Å². The number of rotatable bonds is 8. The number of hydrogen-bond acceptors (Lipinski definition) is 6. The summed E-state index contributed by atoms with van der Waals surface area (Å²) in [5.74, 6) is 1.75. The molecule has 2 aromatic carbocycles. The first-order valence-electron chi connectivity index (χ1n) is 9.43. The Morgan fingerprint density at radius 1 is 0.966 bits per heavy atom. The fraction of sp³-hybridized carbons (Fsp3) is 0.227. The van der Waals surface area contributed by atoms with E-state index >= 15 is 0 Å². The zero-order valence-corrected chi connectivity index (χ0v) is 16.7. The minimum Gasteiger partial charge on any atom is -0.494 e. The van der Waals surface area contributed by atoms with E-state index < -0.39 is 0 Å². The largest absolute Gasteiger partial charge is 0.494 e. The zero-order valence-electron chi connectivity index (χ0n) is 16.7. The van der Waals surface area contributed by atoms with Crippen LogP contribution in [-0.2, 0) is 0 Å². The minimum atomic E-state index is -0.320. The van der Waals surface area contributed by atoms with Gasteiger partial charge in [-0.15, -0.1) is 0 Å². The molecule has 0 saturated carbocycles. The van der Waals surface area contributed by atoms with Gasteiger partial charge in [-0.1, -0.05) is 0 Å². The van der Waals surface area contributed by atoms with E-state index in [9.17, 15) is 4.79 Å². The minimum absolute atomic E-state index is 0.0951. The van der Waals surface area contributed by atoms with Crippen molar-refractivity contribution in [3.63, 3.8) is 0 Å². The van der Waals surface area contributed by atoms with E-state index in [-0.39, 0.29) is 17.7 Å². The van der Waals surface area contributed by atoms with E-state index in [0.29, 0.717) is 18.1 Å². The second-order valence-corrected chi connectivity index (χ2v) is 6.52. The molecule has 0 aliphatic carbocycles. The molecule has 29 heavy (non-hydrogen) atoms. The van der Waals surface area contributed by atoms with E-state index in [1.54, 1.807) is 18.2 Å². The lowest BCUT2D eigenvalue weighted by atomic mass is 10.2. The van der Waals surface area contributed by atoms with Gasteiger partial charge in [0.25, 0.3) is 5.91 Å². The van der Waals surface area contributed by atoms with Crippen molar-refractivity contribution in [3.8, 4) is 11.5 Å². The summed E-state index contributed by atoms with van der Waals surface area (Å²) in [7, 11) is 0. The second-order valence-electron chi connectivity index (χ2n) is 6.52. The molecule has 1 aromatic heterocycles. The Labute approximate surface area is 170 Å². The first kappa shape index (κ1) is 20.1. The SMILES string of the molecule is CCOc1ccc(Nc2cc(C(=O)Nc3ccc(OC(C)C)cc3)ncn2)cc1. The molecule has 7 heteroatoms. The smallest absolute Gasteiger partial charge is 0.274 e. The van der Waals surface area contributed by atoms with Gasteiger partial charge in [-0.05, 0) is 69.3 Å². The molecule has 7 nitrogen and oxygen atoms in total. The second kappa shape index (κ2) is 9.54. The maximum absolute atomic E-state index is 12.5. The summed E-state index contributed by atoms with van der Waals surface area (Å²) in [6.45, 7) is 6.48. The van der Waals surface area contributed by atoms with Crippen molar-refractivity contribution >= 4 is 23.1 Å². The van der Waals surface area contributed by atoms with Gasteiger partial charge in [-0.3, -0.25) is 4.79 Å². The van der Waals surface area contributed by atoms with Gasteiger partial charge < -0.3 is 20.1 Å². The van der Waals surface area contributed by atoms with Crippen LogP contribution >= 0.6 is 0 Å². The van der Waals surface area contributed by atoms with Crippen molar-refractivity contribution in [2.45, 2.75) is 26.9 Å². The third-order valence-electron chi connectivity index (χ3n) is 3.82. The zero-order chi connectivity index (χ0) is 20.6. The Kier molecular flexibility index (Phi) is 6.63. The van der Waals surface area contributed by atoms with Crippen molar-refractivity contribution < 1.29 is 14.3 Å². The Balaban J connectivity index is 1.64. The fourth-order valence-electron chi connectivity index (χ4n) is 2.58. The number of anilines is 3. The van der Waals surface area contributed by atoms with Crippen LogP contribution in [0, 0.1) is 0 Å². The summed E-state index contributed by atoms with van der Waals surface area (Å²) in [6.07, 6.45) is 1.45. The van der Waals surface area contributed by atoms with Gasteiger partial charge in [0.15, 0.2) is 0 Å². The van der Waals surface area contributed by atoms with Crippen LogP contribution in [0.2, 0.25) is 0 Å². The first-order chi connectivity index (χ1) is 14.0. The Morgan fingerprint density at radius 2 is 1.62 bits per heavy atom. The van der Waals surface area contributed by atoms with Gasteiger partial charge >= 0.3 is 0 Å². The molecular formula is C22H24N4O3. The topological polar surface area (TPSA) is 85.4 Å². The molecule has 3 aromatic rings. The molecule has 150 valence electrons. The van der Waals surface area contributed by atoms with Crippen LogP contribution in [-0.4, -0.2) is 28.6 Å². The monoisotopic (exact) mass is 392 g/mol. The van der Waals surface area contributed by atoms with E-state index in [0.717, 1.165) is 17.2 Å². The summed E-state index contributed by atoms with van der Waals surface area (Å²) < 4.78 is 11.0. The number of hydrogen-bond donors (Lipinski definition) is 2. The van der Waals surface area contributed by atoms with Crippen LogP contribution in [0.1, 0.15) is 31.3 Å². The lowest BCUT2D eigenvalue weighted by Crippen LogP contribution is -2.14. The number of benzene rings is 2. The summed E-state index contributed by atoms with van der Waals surface area (Å²) in [6, 6.07) is 16.3. The molecule has 3 rings (SSSR count). The van der Waals surface area contributed by atoms with Gasteiger partial charge in [-0.2, -0.15) is 0 Å². The highest BCUT2D eigenvalue weighted by molar-refractivity contribution is 6.03. The number of aromatic nitrogens is 2. The molecule has 0 bridgehead atoms. The average molecular weight is 392 g/mol. The fourth-order valence-corrected chi connectivity index (χ4v) is 2.58. The van der Waals surface area contributed by atoms with E-state index in [1.807, 2.05) is 57.2 Å². The Morgan fingerprint density at radius 3 is 2.28 bits per heavy atom. The molecule has 0 aliphatic rings. The number of amides is 1. The number of carbonyl (C=O) groups excluding carboxylic acids is 1. The van der Waals surface area contributed by atoms with Crippen LogP contribution in [0.25, 0.3) is 0 Å². The van der Waals surface area contributed by atoms with Gasteiger partial charge in [-0.25, -0.2) is 9.97 Å². The number of carbonyl (C=O) groups is 1. The maximum atomic E-state index is 12.5. The summed E-state index contributed by atoms with van der Waals surface area (Å²) in [4.78, 5) is 20.8. The van der Waals surface area contributed by atoms with Crippen molar-refractivity contribution in [2.75, 3.05) is 17.2 Å². The van der Waals surface area contributed by atoms with Crippen LogP contribution in [0.3, 0.4) is 0 Å². The molecule has 0 radical (unpaired) electrons. The lowest BCUT2D eigenvalue weighted by Gasteiger charge is -2.11.